The Kier molecular flexibility index (Phi) is 2.49. The maximum absolute atomic E-state index is 11.8. The summed E-state index contributed by atoms with van der Waals surface area (Å²) < 4.78 is 5.51. The average Bonchev–Trinajstić information content (AvgIpc) is 2.41. The topological polar surface area (TPSA) is 64.1 Å². The van der Waals surface area contributed by atoms with Crippen molar-refractivity contribution in [1.82, 2.24) is 9.97 Å². The second-order valence-corrected chi connectivity index (χ2v) is 3.70. The van der Waals surface area contributed by atoms with E-state index in [0.29, 0.717) is 11.6 Å². The Bertz CT molecular complexity index is 623. The number of fused-ring (bicyclic) bond motifs is 1. The molecule has 0 saturated carbocycles. The first kappa shape index (κ1) is 10.5. The Hall–Kier alpha value is -2.69. The number of hydrogen-bond acceptors (Lipinski definition) is 4. The van der Waals surface area contributed by atoms with Crippen molar-refractivity contribution in [2.24, 2.45) is 0 Å². The molecule has 5 nitrogen and oxygen atoms in total. The Morgan fingerprint density at radius 3 is 2.94 bits per heavy atom. The predicted molar refractivity (Wildman–Crippen MR) is 65.7 cm³/mol. The molecule has 3 heterocycles. The van der Waals surface area contributed by atoms with Crippen LogP contribution in [-0.2, 0) is 4.79 Å². The molecule has 0 atom stereocenters. The van der Waals surface area contributed by atoms with Crippen LogP contribution in [-0.4, -0.2) is 15.9 Å². The smallest absolute Gasteiger partial charge is 0.292 e. The van der Waals surface area contributed by atoms with Crippen molar-refractivity contribution in [2.75, 3.05) is 5.32 Å². The molecule has 0 unspecified atom stereocenters. The first-order valence-electron chi connectivity index (χ1n) is 5.39. The van der Waals surface area contributed by atoms with Gasteiger partial charge in [0.2, 0.25) is 0 Å². The predicted octanol–water partition coefficient (Wildman–Crippen LogP) is 1.85. The molecule has 5 heteroatoms. The molecule has 18 heavy (non-hydrogen) atoms. The summed E-state index contributed by atoms with van der Waals surface area (Å²) in [5.41, 5.74) is 0.801. The van der Waals surface area contributed by atoms with Gasteiger partial charge in [0.15, 0.2) is 17.3 Å². The van der Waals surface area contributed by atoms with Gasteiger partial charge in [0, 0.05) is 18.6 Å². The third-order valence-corrected chi connectivity index (χ3v) is 2.43. The molecule has 2 aromatic rings. The molecular weight excluding hydrogens is 230 g/mol. The van der Waals surface area contributed by atoms with Crippen molar-refractivity contribution in [2.45, 2.75) is 0 Å². The lowest BCUT2D eigenvalue weighted by Gasteiger charge is -2.18. The van der Waals surface area contributed by atoms with Gasteiger partial charge in [-0.15, -0.1) is 0 Å². The summed E-state index contributed by atoms with van der Waals surface area (Å²) in [6, 6.07) is 7.13. The van der Waals surface area contributed by atoms with Gasteiger partial charge in [-0.25, -0.2) is 4.98 Å². The van der Waals surface area contributed by atoms with Gasteiger partial charge in [0.25, 0.3) is 5.91 Å². The van der Waals surface area contributed by atoms with E-state index in [0.717, 1.165) is 5.56 Å². The van der Waals surface area contributed by atoms with Gasteiger partial charge < -0.3 is 10.1 Å². The van der Waals surface area contributed by atoms with Crippen LogP contribution < -0.4 is 10.1 Å². The summed E-state index contributed by atoms with van der Waals surface area (Å²) in [6.07, 6.45) is 6.56. The lowest BCUT2D eigenvalue weighted by Crippen LogP contribution is -2.24. The lowest BCUT2D eigenvalue weighted by molar-refractivity contribution is -0.115. The minimum atomic E-state index is -0.315. The molecule has 0 bridgehead atoms. The van der Waals surface area contributed by atoms with Gasteiger partial charge in [-0.3, -0.25) is 9.78 Å². The van der Waals surface area contributed by atoms with Crippen molar-refractivity contribution in [3.63, 3.8) is 0 Å². The highest BCUT2D eigenvalue weighted by Gasteiger charge is 2.22. The van der Waals surface area contributed by atoms with Crippen LogP contribution in [0.3, 0.4) is 0 Å². The number of nitrogens with zero attached hydrogens (tertiary/aromatic N) is 2. The van der Waals surface area contributed by atoms with E-state index in [1.54, 1.807) is 42.9 Å². The average molecular weight is 239 g/mol. The fraction of sp³-hybridized carbons (Fsp3) is 0. The summed E-state index contributed by atoms with van der Waals surface area (Å²) in [7, 11) is 0. The maximum atomic E-state index is 11.8. The number of rotatable bonds is 1. The summed E-state index contributed by atoms with van der Waals surface area (Å²) >= 11 is 0. The lowest BCUT2D eigenvalue weighted by atomic mass is 10.2. The first-order chi connectivity index (χ1) is 8.83. The van der Waals surface area contributed by atoms with E-state index in [1.807, 2.05) is 6.07 Å². The van der Waals surface area contributed by atoms with Crippen molar-refractivity contribution in [1.29, 1.82) is 0 Å². The monoisotopic (exact) mass is 239 g/mol. The number of nitrogens with one attached hydrogen (secondary N) is 1. The van der Waals surface area contributed by atoms with Crippen molar-refractivity contribution in [3.8, 4) is 5.75 Å². The quantitative estimate of drug-likeness (QED) is 0.771. The van der Waals surface area contributed by atoms with Crippen LogP contribution in [0.4, 0.5) is 5.82 Å². The normalized spacial score (nSPS) is 15.8. The van der Waals surface area contributed by atoms with Gasteiger partial charge in [-0.1, -0.05) is 6.07 Å². The van der Waals surface area contributed by atoms with Gasteiger partial charge in [0.1, 0.15) is 0 Å². The third-order valence-electron chi connectivity index (χ3n) is 2.43. The summed E-state index contributed by atoms with van der Waals surface area (Å²) in [5, 5.41) is 2.67. The Morgan fingerprint density at radius 1 is 1.22 bits per heavy atom. The van der Waals surface area contributed by atoms with Gasteiger partial charge in [-0.05, 0) is 29.8 Å². The standard InChI is InChI=1S/C13H9N3O2/c17-13-11(7-9-3-1-5-14-8-9)18-10-4-2-6-15-12(10)16-13/h1-8H,(H,15,16,17)/b11-7-. The molecule has 0 aromatic carbocycles. The Balaban J connectivity index is 1.96. The number of carbonyl (C=O) groups is 1. The van der Waals surface area contributed by atoms with E-state index in [9.17, 15) is 4.79 Å². The van der Waals surface area contributed by atoms with E-state index >= 15 is 0 Å². The van der Waals surface area contributed by atoms with Gasteiger partial charge >= 0.3 is 0 Å². The molecule has 2 aromatic heterocycles. The molecule has 0 fully saturated rings. The molecule has 0 radical (unpaired) electrons. The molecular formula is C13H9N3O2. The van der Waals surface area contributed by atoms with Crippen molar-refractivity contribution < 1.29 is 9.53 Å². The molecule has 1 aliphatic heterocycles. The highest BCUT2D eigenvalue weighted by atomic mass is 16.5. The van der Waals surface area contributed by atoms with Crippen LogP contribution >= 0.6 is 0 Å². The summed E-state index contributed by atoms with van der Waals surface area (Å²) in [6.45, 7) is 0. The van der Waals surface area contributed by atoms with Crippen molar-refractivity contribution >= 4 is 17.8 Å². The van der Waals surface area contributed by atoms with E-state index in [1.165, 1.54) is 0 Å². The van der Waals surface area contributed by atoms with Crippen LogP contribution in [0.2, 0.25) is 0 Å². The van der Waals surface area contributed by atoms with E-state index in [-0.39, 0.29) is 11.7 Å². The van der Waals surface area contributed by atoms with E-state index < -0.39 is 0 Å². The molecule has 0 aliphatic carbocycles. The third kappa shape index (κ3) is 1.93. The molecule has 88 valence electrons. The number of hydrogen-bond donors (Lipinski definition) is 1. The highest BCUT2D eigenvalue weighted by Crippen LogP contribution is 2.28. The minimum absolute atomic E-state index is 0.225. The molecule has 0 saturated heterocycles. The maximum Gasteiger partial charge on any atom is 0.292 e. The molecule has 1 amide bonds. The minimum Gasteiger partial charge on any atom is -0.448 e. The number of carbonyl (C=O) groups excluding carboxylic acids is 1. The van der Waals surface area contributed by atoms with Gasteiger partial charge in [-0.2, -0.15) is 0 Å². The zero-order chi connectivity index (χ0) is 12.4. The molecule has 0 spiro atoms. The Morgan fingerprint density at radius 2 is 2.11 bits per heavy atom. The molecule has 1 aliphatic rings. The van der Waals surface area contributed by atoms with Crippen LogP contribution in [0.5, 0.6) is 5.75 Å². The molecule has 3 rings (SSSR count). The highest BCUT2D eigenvalue weighted by molar-refractivity contribution is 6.07. The summed E-state index contributed by atoms with van der Waals surface area (Å²) in [5.74, 6) is 0.881. The SMILES string of the molecule is O=C1Nc2ncccc2O/C1=C\c1cccnc1. The molecule has 1 N–H and O–H groups in total. The fourth-order valence-electron chi connectivity index (χ4n) is 1.61. The van der Waals surface area contributed by atoms with E-state index in [4.69, 9.17) is 4.74 Å². The second kappa shape index (κ2) is 4.29. The number of aromatic nitrogens is 2. The van der Waals surface area contributed by atoms with Crippen LogP contribution in [0.15, 0.2) is 48.6 Å². The number of pyridine rings is 2. The number of amides is 1. The summed E-state index contributed by atoms with van der Waals surface area (Å²) in [4.78, 5) is 19.8. The zero-order valence-corrected chi connectivity index (χ0v) is 9.33. The number of anilines is 1. The number of ether oxygens (including phenoxy) is 1. The van der Waals surface area contributed by atoms with Crippen LogP contribution in [0.1, 0.15) is 5.56 Å². The van der Waals surface area contributed by atoms with E-state index in [2.05, 4.69) is 15.3 Å². The fourth-order valence-corrected chi connectivity index (χ4v) is 1.61. The second-order valence-electron chi connectivity index (χ2n) is 3.70. The van der Waals surface area contributed by atoms with Crippen LogP contribution in [0.25, 0.3) is 6.08 Å². The zero-order valence-electron chi connectivity index (χ0n) is 9.33. The largest absolute Gasteiger partial charge is 0.448 e. The van der Waals surface area contributed by atoms with Gasteiger partial charge in [0.05, 0.1) is 0 Å². The van der Waals surface area contributed by atoms with Crippen molar-refractivity contribution in [3.05, 3.63) is 54.2 Å². The first-order valence-corrected chi connectivity index (χ1v) is 5.39. The van der Waals surface area contributed by atoms with Crippen LogP contribution in [0, 0.1) is 0 Å². The Labute approximate surface area is 103 Å².